The van der Waals surface area contributed by atoms with Crippen LogP contribution < -0.4 is 4.72 Å². The van der Waals surface area contributed by atoms with Crippen LogP contribution in [0.5, 0.6) is 0 Å². The second-order valence-electron chi connectivity index (χ2n) is 6.67. The van der Waals surface area contributed by atoms with Crippen LogP contribution in [0.25, 0.3) is 11.0 Å². The van der Waals surface area contributed by atoms with Gasteiger partial charge in [0, 0.05) is 7.05 Å². The largest absolute Gasteiger partial charge is 0.340 e. The number of imidazole rings is 1. The molecule has 2 aromatic heterocycles. The fourth-order valence-corrected chi connectivity index (χ4v) is 5.08. The molecule has 2 heterocycles. The van der Waals surface area contributed by atoms with Crippen molar-refractivity contribution in [1.82, 2.24) is 19.6 Å². The molecule has 0 unspecified atom stereocenters. The van der Waals surface area contributed by atoms with Gasteiger partial charge >= 0.3 is 0 Å². The molecule has 7 nitrogen and oxygen atoms in total. The molecule has 0 fully saturated rings. The Morgan fingerprint density at radius 1 is 1.26 bits per heavy atom. The van der Waals surface area contributed by atoms with E-state index in [1.165, 1.54) is 11.0 Å². The molecule has 0 saturated heterocycles. The van der Waals surface area contributed by atoms with Crippen molar-refractivity contribution in [2.24, 2.45) is 5.92 Å². The maximum Gasteiger partial charge on any atom is 0.250 e. The van der Waals surface area contributed by atoms with Gasteiger partial charge in [0.1, 0.15) is 16.1 Å². The van der Waals surface area contributed by atoms with E-state index in [4.69, 9.17) is 0 Å². The van der Waals surface area contributed by atoms with Gasteiger partial charge < -0.3 is 9.88 Å². The predicted octanol–water partition coefficient (Wildman–Crippen LogP) is 2.59. The van der Waals surface area contributed by atoms with Crippen LogP contribution in [0, 0.1) is 5.92 Å². The number of aromatic nitrogens is 2. The van der Waals surface area contributed by atoms with E-state index in [2.05, 4.69) is 14.7 Å². The molecule has 9 heteroatoms. The highest BCUT2D eigenvalue weighted by molar-refractivity contribution is 7.91. The van der Waals surface area contributed by atoms with E-state index in [0.29, 0.717) is 5.82 Å². The Balaban J connectivity index is 1.75. The number of nitrogens with one attached hydrogen (secondary N) is 2. The van der Waals surface area contributed by atoms with Crippen molar-refractivity contribution in [3.05, 3.63) is 47.6 Å². The van der Waals surface area contributed by atoms with Gasteiger partial charge in [-0.2, -0.15) is 4.72 Å². The van der Waals surface area contributed by atoms with Crippen molar-refractivity contribution in [2.75, 3.05) is 7.05 Å². The fourth-order valence-electron chi connectivity index (χ4n) is 2.73. The lowest BCUT2D eigenvalue weighted by Gasteiger charge is -2.26. The summed E-state index contributed by atoms with van der Waals surface area (Å²) >= 11 is 1.12. The Hall–Kier alpha value is -2.23. The van der Waals surface area contributed by atoms with Crippen molar-refractivity contribution < 1.29 is 13.2 Å². The van der Waals surface area contributed by atoms with Gasteiger partial charge in [0.25, 0.3) is 10.0 Å². The van der Waals surface area contributed by atoms with Crippen LogP contribution >= 0.6 is 11.3 Å². The second-order valence-corrected chi connectivity index (χ2v) is 9.56. The van der Waals surface area contributed by atoms with Gasteiger partial charge in [-0.05, 0) is 29.5 Å². The van der Waals surface area contributed by atoms with Gasteiger partial charge in [-0.1, -0.05) is 32.0 Å². The summed E-state index contributed by atoms with van der Waals surface area (Å²) in [4.78, 5) is 22.0. The smallest absolute Gasteiger partial charge is 0.250 e. The molecule has 0 radical (unpaired) electrons. The first-order valence-corrected chi connectivity index (χ1v) is 10.9. The quantitative estimate of drug-likeness (QED) is 0.630. The van der Waals surface area contributed by atoms with Crippen LogP contribution in [0.3, 0.4) is 0 Å². The number of hydrogen-bond acceptors (Lipinski definition) is 5. The summed E-state index contributed by atoms with van der Waals surface area (Å²) in [5.41, 5.74) is 1.72. The molecular formula is C18H22N4O3S2. The van der Waals surface area contributed by atoms with Gasteiger partial charge in [-0.3, -0.25) is 4.79 Å². The third-order valence-electron chi connectivity index (χ3n) is 4.18. The van der Waals surface area contributed by atoms with Crippen LogP contribution in [0.15, 0.2) is 46.0 Å². The summed E-state index contributed by atoms with van der Waals surface area (Å²) in [6, 6.07) is 9.95. The average molecular weight is 407 g/mol. The lowest BCUT2D eigenvalue weighted by atomic mass is 10.0. The Morgan fingerprint density at radius 2 is 2.00 bits per heavy atom. The minimum atomic E-state index is -3.74. The zero-order chi connectivity index (χ0) is 19.6. The Labute approximate surface area is 162 Å². The predicted molar refractivity (Wildman–Crippen MR) is 106 cm³/mol. The number of rotatable bonds is 7. The molecule has 1 aromatic carbocycles. The van der Waals surface area contributed by atoms with Crippen molar-refractivity contribution >= 4 is 38.3 Å². The molecule has 0 aliphatic rings. The molecule has 144 valence electrons. The highest BCUT2D eigenvalue weighted by Crippen LogP contribution is 2.18. The maximum absolute atomic E-state index is 12.9. The molecule has 0 aliphatic carbocycles. The molecule has 0 bridgehead atoms. The van der Waals surface area contributed by atoms with Crippen LogP contribution in [0.2, 0.25) is 0 Å². The van der Waals surface area contributed by atoms with E-state index >= 15 is 0 Å². The normalized spacial score (nSPS) is 13.2. The highest BCUT2D eigenvalue weighted by Gasteiger charge is 2.31. The van der Waals surface area contributed by atoms with Gasteiger partial charge in [0.05, 0.1) is 17.6 Å². The monoisotopic (exact) mass is 406 g/mol. The van der Waals surface area contributed by atoms with E-state index in [0.717, 1.165) is 22.4 Å². The summed E-state index contributed by atoms with van der Waals surface area (Å²) in [5, 5.41) is 1.69. The molecule has 2 N–H and O–H groups in total. The zero-order valence-corrected chi connectivity index (χ0v) is 17.0. The molecule has 1 atom stereocenters. The number of fused-ring (bicyclic) bond motifs is 1. The average Bonchev–Trinajstić information content (AvgIpc) is 3.28. The summed E-state index contributed by atoms with van der Waals surface area (Å²) in [5.74, 6) is 0.145. The molecule has 3 rings (SSSR count). The van der Waals surface area contributed by atoms with Gasteiger partial charge in [0.15, 0.2) is 0 Å². The fraction of sp³-hybridized carbons (Fsp3) is 0.333. The molecular weight excluding hydrogens is 384 g/mol. The number of hydrogen-bond donors (Lipinski definition) is 2. The molecule has 27 heavy (non-hydrogen) atoms. The number of nitrogens with zero attached hydrogens (tertiary/aromatic N) is 2. The third kappa shape index (κ3) is 4.37. The van der Waals surface area contributed by atoms with E-state index in [1.54, 1.807) is 18.5 Å². The van der Waals surface area contributed by atoms with E-state index in [1.807, 2.05) is 38.1 Å². The summed E-state index contributed by atoms with van der Waals surface area (Å²) in [6.45, 7) is 3.89. The number of H-pyrrole nitrogens is 1. The number of sulfonamides is 1. The number of likely N-dealkylation sites (N-methyl/N-ethyl adjacent to an activating group) is 1. The summed E-state index contributed by atoms with van der Waals surface area (Å²) in [7, 11) is -2.09. The molecule has 0 spiro atoms. The van der Waals surface area contributed by atoms with Gasteiger partial charge in [0.2, 0.25) is 5.91 Å². The lowest BCUT2D eigenvalue weighted by Crippen LogP contribution is -2.49. The van der Waals surface area contributed by atoms with Crippen molar-refractivity contribution in [3.63, 3.8) is 0 Å². The summed E-state index contributed by atoms with van der Waals surface area (Å²) in [6.07, 6.45) is 0. The van der Waals surface area contributed by atoms with E-state index < -0.39 is 16.1 Å². The SMILES string of the molecule is CC(C)[C@@H](NS(=O)(=O)c1cccs1)C(=O)N(C)Cc1nc2ccccc2[nH]1. The van der Waals surface area contributed by atoms with E-state index in [9.17, 15) is 13.2 Å². The standard InChI is InChI=1S/C18H22N4O3S2/c1-12(2)17(21-27(24,25)16-9-6-10-26-16)18(23)22(3)11-15-19-13-7-4-5-8-14(13)20-15/h4-10,12,17,21H,11H2,1-3H3,(H,19,20)/t17-/m1/s1. The molecule has 3 aromatic rings. The number of benzene rings is 1. The minimum absolute atomic E-state index is 0.195. The van der Waals surface area contributed by atoms with Crippen LogP contribution in [-0.2, 0) is 21.4 Å². The number of para-hydroxylation sites is 2. The van der Waals surface area contributed by atoms with Gasteiger partial charge in [-0.15, -0.1) is 11.3 Å². The topological polar surface area (TPSA) is 95.2 Å². The van der Waals surface area contributed by atoms with Crippen LogP contribution in [-0.4, -0.2) is 42.3 Å². The number of carbonyl (C=O) groups excluding carboxylic acids is 1. The minimum Gasteiger partial charge on any atom is -0.340 e. The van der Waals surface area contributed by atoms with Crippen LogP contribution in [0.1, 0.15) is 19.7 Å². The zero-order valence-electron chi connectivity index (χ0n) is 15.3. The molecule has 0 aliphatic heterocycles. The third-order valence-corrected chi connectivity index (χ3v) is 7.01. The van der Waals surface area contributed by atoms with Crippen molar-refractivity contribution in [3.8, 4) is 0 Å². The Morgan fingerprint density at radius 3 is 2.63 bits per heavy atom. The van der Waals surface area contributed by atoms with Crippen molar-refractivity contribution in [1.29, 1.82) is 0 Å². The van der Waals surface area contributed by atoms with Gasteiger partial charge in [-0.25, -0.2) is 13.4 Å². The molecule has 1 amide bonds. The first-order chi connectivity index (χ1) is 12.8. The number of amides is 1. The first-order valence-electron chi connectivity index (χ1n) is 8.52. The molecule has 0 saturated carbocycles. The number of aromatic amines is 1. The highest BCUT2D eigenvalue weighted by atomic mass is 32.2. The van der Waals surface area contributed by atoms with Crippen molar-refractivity contribution in [2.45, 2.75) is 30.6 Å². The maximum atomic E-state index is 12.9. The number of thiophene rings is 1. The summed E-state index contributed by atoms with van der Waals surface area (Å²) < 4.78 is 27.8. The lowest BCUT2D eigenvalue weighted by molar-refractivity contribution is -0.133. The van der Waals surface area contributed by atoms with E-state index in [-0.39, 0.29) is 22.6 Å². The first kappa shape index (κ1) is 19.5. The Kier molecular flexibility index (Phi) is 5.64. The second kappa shape index (κ2) is 7.79. The number of carbonyl (C=O) groups is 1. The van der Waals surface area contributed by atoms with Crippen LogP contribution in [0.4, 0.5) is 0 Å². The Bertz CT molecular complexity index is 993.